The normalized spacial score (nSPS) is 29.2. The zero-order chi connectivity index (χ0) is 10.8. The zero-order valence-electron chi connectivity index (χ0n) is 10.5. The highest BCUT2D eigenvalue weighted by Gasteiger charge is 2.26. The molecule has 2 nitrogen and oxygen atoms in total. The molecule has 0 aromatic heterocycles. The lowest BCUT2D eigenvalue weighted by Crippen LogP contribution is -2.45. The molecule has 0 amide bonds. The van der Waals surface area contributed by atoms with Gasteiger partial charge in [0, 0.05) is 12.6 Å². The minimum absolute atomic E-state index is 0.832. The second kappa shape index (κ2) is 5.05. The zero-order valence-corrected chi connectivity index (χ0v) is 10.5. The summed E-state index contributed by atoms with van der Waals surface area (Å²) in [5.74, 6) is 2.09. The maximum absolute atomic E-state index is 3.76. The molecule has 2 aliphatic carbocycles. The number of piperidine rings is 1. The number of hydrogen-bond acceptors (Lipinski definition) is 2. The van der Waals surface area contributed by atoms with Crippen LogP contribution in [0.1, 0.15) is 44.9 Å². The summed E-state index contributed by atoms with van der Waals surface area (Å²) < 4.78 is 0. The van der Waals surface area contributed by atoms with Gasteiger partial charge in [-0.3, -0.25) is 0 Å². The van der Waals surface area contributed by atoms with Crippen LogP contribution in [-0.2, 0) is 0 Å². The van der Waals surface area contributed by atoms with Crippen molar-refractivity contribution in [2.24, 2.45) is 11.8 Å². The van der Waals surface area contributed by atoms with E-state index in [1.807, 2.05) is 0 Å². The Labute approximate surface area is 99.8 Å². The van der Waals surface area contributed by atoms with Gasteiger partial charge in [0.1, 0.15) is 0 Å². The second-order valence-electron chi connectivity index (χ2n) is 6.22. The van der Waals surface area contributed by atoms with Crippen LogP contribution in [0.15, 0.2) is 0 Å². The first-order chi connectivity index (χ1) is 7.90. The number of rotatable bonds is 5. The topological polar surface area (TPSA) is 15.3 Å². The molecule has 0 radical (unpaired) electrons. The van der Waals surface area contributed by atoms with Crippen LogP contribution in [0.2, 0.25) is 0 Å². The fourth-order valence-electron chi connectivity index (χ4n) is 3.02. The van der Waals surface area contributed by atoms with E-state index < -0.39 is 0 Å². The van der Waals surface area contributed by atoms with E-state index in [0.29, 0.717) is 0 Å². The molecule has 2 saturated carbocycles. The molecular weight excluding hydrogens is 196 g/mol. The van der Waals surface area contributed by atoms with E-state index in [4.69, 9.17) is 0 Å². The molecule has 1 heterocycles. The fraction of sp³-hybridized carbons (Fsp3) is 1.00. The van der Waals surface area contributed by atoms with E-state index in [2.05, 4.69) is 10.2 Å². The largest absolute Gasteiger partial charge is 0.314 e. The molecule has 0 aromatic rings. The van der Waals surface area contributed by atoms with Crippen LogP contribution in [-0.4, -0.2) is 37.1 Å². The number of nitrogens with zero attached hydrogens (tertiary/aromatic N) is 1. The third kappa shape index (κ3) is 2.98. The Morgan fingerprint density at radius 3 is 2.19 bits per heavy atom. The highest BCUT2D eigenvalue weighted by molar-refractivity contribution is 4.83. The van der Waals surface area contributed by atoms with Gasteiger partial charge in [-0.1, -0.05) is 6.42 Å². The van der Waals surface area contributed by atoms with Crippen LogP contribution in [0, 0.1) is 11.8 Å². The van der Waals surface area contributed by atoms with Crippen LogP contribution in [0.4, 0.5) is 0 Å². The molecule has 0 aromatic carbocycles. The van der Waals surface area contributed by atoms with Crippen LogP contribution in [0.25, 0.3) is 0 Å². The van der Waals surface area contributed by atoms with E-state index in [1.54, 1.807) is 0 Å². The quantitative estimate of drug-likeness (QED) is 0.767. The Bertz CT molecular complexity index is 213. The van der Waals surface area contributed by atoms with Crippen molar-refractivity contribution in [3.63, 3.8) is 0 Å². The Hall–Kier alpha value is -0.0800. The van der Waals surface area contributed by atoms with E-state index >= 15 is 0 Å². The third-order valence-electron chi connectivity index (χ3n) is 4.72. The van der Waals surface area contributed by atoms with Gasteiger partial charge in [0.15, 0.2) is 0 Å². The Balaban J connectivity index is 1.31. The van der Waals surface area contributed by atoms with Gasteiger partial charge in [0.2, 0.25) is 0 Å². The molecular formula is C14H26N2. The molecule has 92 valence electrons. The Morgan fingerprint density at radius 1 is 0.875 bits per heavy atom. The summed E-state index contributed by atoms with van der Waals surface area (Å²) >= 11 is 0. The Kier molecular flexibility index (Phi) is 3.49. The van der Waals surface area contributed by atoms with Crippen LogP contribution < -0.4 is 5.32 Å². The smallest absolute Gasteiger partial charge is 0.00915 e. The molecule has 1 saturated heterocycles. The van der Waals surface area contributed by atoms with Crippen LogP contribution >= 0.6 is 0 Å². The van der Waals surface area contributed by atoms with E-state index in [0.717, 1.165) is 17.9 Å². The first kappa shape index (κ1) is 11.0. The minimum atomic E-state index is 0.832. The average Bonchev–Trinajstić information content (AvgIpc) is 3.06. The number of likely N-dealkylation sites (tertiary alicyclic amines) is 1. The minimum Gasteiger partial charge on any atom is -0.314 e. The summed E-state index contributed by atoms with van der Waals surface area (Å²) in [4.78, 5) is 2.71. The van der Waals surface area contributed by atoms with Crippen molar-refractivity contribution in [3.05, 3.63) is 0 Å². The van der Waals surface area contributed by atoms with Gasteiger partial charge in [0.25, 0.3) is 0 Å². The highest BCUT2D eigenvalue weighted by Crippen LogP contribution is 2.29. The van der Waals surface area contributed by atoms with Crippen molar-refractivity contribution in [1.82, 2.24) is 10.2 Å². The van der Waals surface area contributed by atoms with Crippen molar-refractivity contribution in [1.29, 1.82) is 0 Å². The summed E-state index contributed by atoms with van der Waals surface area (Å²) in [5.41, 5.74) is 0. The van der Waals surface area contributed by atoms with Crippen molar-refractivity contribution in [2.45, 2.75) is 51.0 Å². The number of hydrogen-bond donors (Lipinski definition) is 1. The maximum Gasteiger partial charge on any atom is 0.00915 e. The SMILES string of the molecule is C1CC(CN2CCC(NCC3CC3)CC2)C1. The predicted molar refractivity (Wildman–Crippen MR) is 67.5 cm³/mol. The summed E-state index contributed by atoms with van der Waals surface area (Å²) in [6.07, 6.45) is 10.2. The van der Waals surface area contributed by atoms with Gasteiger partial charge in [-0.15, -0.1) is 0 Å². The second-order valence-corrected chi connectivity index (χ2v) is 6.22. The molecule has 2 heteroatoms. The summed E-state index contributed by atoms with van der Waals surface area (Å²) in [6.45, 7) is 5.39. The fourth-order valence-corrected chi connectivity index (χ4v) is 3.02. The standard InChI is InChI=1S/C14H26N2/c1-2-13(3-1)11-16-8-6-14(7-9-16)15-10-12-4-5-12/h12-15H,1-11H2. The van der Waals surface area contributed by atoms with E-state index in [1.165, 1.54) is 71.1 Å². The molecule has 0 bridgehead atoms. The van der Waals surface area contributed by atoms with Crippen molar-refractivity contribution in [3.8, 4) is 0 Å². The lowest BCUT2D eigenvalue weighted by Gasteiger charge is -2.37. The van der Waals surface area contributed by atoms with Gasteiger partial charge in [-0.05, 0) is 70.0 Å². The maximum atomic E-state index is 3.76. The molecule has 1 aliphatic heterocycles. The lowest BCUT2D eigenvalue weighted by atomic mass is 9.84. The monoisotopic (exact) mass is 222 g/mol. The molecule has 0 unspecified atom stereocenters. The molecule has 3 aliphatic rings. The van der Waals surface area contributed by atoms with Gasteiger partial charge in [0.05, 0.1) is 0 Å². The van der Waals surface area contributed by atoms with Gasteiger partial charge in [-0.2, -0.15) is 0 Å². The molecule has 16 heavy (non-hydrogen) atoms. The molecule has 3 fully saturated rings. The lowest BCUT2D eigenvalue weighted by molar-refractivity contribution is 0.140. The molecule has 1 N–H and O–H groups in total. The van der Waals surface area contributed by atoms with Crippen LogP contribution in [0.3, 0.4) is 0 Å². The Morgan fingerprint density at radius 2 is 1.62 bits per heavy atom. The molecule has 3 rings (SSSR count). The van der Waals surface area contributed by atoms with Gasteiger partial charge < -0.3 is 10.2 Å². The van der Waals surface area contributed by atoms with Crippen molar-refractivity contribution < 1.29 is 0 Å². The van der Waals surface area contributed by atoms with E-state index in [-0.39, 0.29) is 0 Å². The first-order valence-corrected chi connectivity index (χ1v) is 7.36. The summed E-state index contributed by atoms with van der Waals surface area (Å²) in [5, 5.41) is 3.76. The summed E-state index contributed by atoms with van der Waals surface area (Å²) in [7, 11) is 0. The first-order valence-electron chi connectivity index (χ1n) is 7.36. The molecule has 0 spiro atoms. The van der Waals surface area contributed by atoms with Crippen LogP contribution in [0.5, 0.6) is 0 Å². The van der Waals surface area contributed by atoms with Crippen molar-refractivity contribution >= 4 is 0 Å². The van der Waals surface area contributed by atoms with E-state index in [9.17, 15) is 0 Å². The highest BCUT2D eigenvalue weighted by atomic mass is 15.1. The molecule has 0 atom stereocenters. The van der Waals surface area contributed by atoms with Gasteiger partial charge >= 0.3 is 0 Å². The van der Waals surface area contributed by atoms with Gasteiger partial charge in [-0.25, -0.2) is 0 Å². The number of nitrogens with one attached hydrogen (secondary N) is 1. The summed E-state index contributed by atoms with van der Waals surface area (Å²) in [6, 6.07) is 0.832. The van der Waals surface area contributed by atoms with Crippen molar-refractivity contribution in [2.75, 3.05) is 26.2 Å². The third-order valence-corrected chi connectivity index (χ3v) is 4.72. The predicted octanol–water partition coefficient (Wildman–Crippen LogP) is 2.25. The average molecular weight is 222 g/mol.